The lowest BCUT2D eigenvalue weighted by molar-refractivity contribution is -0.140. The molecule has 37 heavy (non-hydrogen) atoms. The first-order valence-corrected chi connectivity index (χ1v) is 11.6. The van der Waals surface area contributed by atoms with Crippen molar-refractivity contribution in [2.45, 2.75) is 31.5 Å². The van der Waals surface area contributed by atoms with Crippen LogP contribution in [0.25, 0.3) is 22.6 Å². The number of carbonyl (C=O) groups excluding carboxylic acids is 1. The molecule has 0 aliphatic heterocycles. The maximum Gasteiger partial charge on any atom is 0.434 e. The minimum Gasteiger partial charge on any atom is -0.480 e. The zero-order valence-corrected chi connectivity index (χ0v) is 20.1. The fourth-order valence-electron chi connectivity index (χ4n) is 4.13. The normalized spacial score (nSPS) is 13.4. The summed E-state index contributed by atoms with van der Waals surface area (Å²) in [5.74, 6) is 0.979. The predicted molar refractivity (Wildman–Crippen MR) is 130 cm³/mol. The zero-order chi connectivity index (χ0) is 26.2. The molecule has 0 radical (unpaired) electrons. The fourth-order valence-corrected chi connectivity index (χ4v) is 4.13. The molecule has 1 aromatic carbocycles. The average molecular weight is 509 g/mol. The molecule has 0 spiro atoms. The molecule has 1 fully saturated rings. The number of ether oxygens (including phenoxy) is 1. The molecule has 0 bridgehead atoms. The van der Waals surface area contributed by atoms with Crippen LogP contribution in [0.2, 0.25) is 0 Å². The fraction of sp³-hybridized carbons (Fsp3) is 0.269. The Hall–Kier alpha value is -4.28. The number of aryl methyl sites for hydroxylation is 1. The number of benzene rings is 1. The van der Waals surface area contributed by atoms with Crippen molar-refractivity contribution < 1.29 is 22.7 Å². The number of pyridine rings is 1. The Morgan fingerprint density at radius 1 is 1.16 bits per heavy atom. The third-order valence-electron chi connectivity index (χ3n) is 6.18. The maximum absolute atomic E-state index is 13.0. The zero-order valence-electron chi connectivity index (χ0n) is 20.1. The number of rotatable bonds is 8. The number of aldehydes is 1. The second-order valence-electron chi connectivity index (χ2n) is 8.80. The molecular weight excluding hydrogens is 485 g/mol. The Morgan fingerprint density at radius 3 is 2.54 bits per heavy atom. The van der Waals surface area contributed by atoms with Crippen LogP contribution in [0, 0.1) is 0 Å². The molecule has 0 unspecified atom stereocenters. The van der Waals surface area contributed by atoms with Gasteiger partial charge in [-0.3, -0.25) is 9.78 Å². The summed E-state index contributed by atoms with van der Waals surface area (Å²) in [4.78, 5) is 28.6. The second-order valence-corrected chi connectivity index (χ2v) is 8.80. The summed E-state index contributed by atoms with van der Waals surface area (Å²) in [7, 11) is 3.07. The van der Waals surface area contributed by atoms with E-state index in [4.69, 9.17) is 4.74 Å². The van der Waals surface area contributed by atoms with Crippen molar-refractivity contribution in [1.82, 2.24) is 24.5 Å². The van der Waals surface area contributed by atoms with Crippen LogP contribution in [0.5, 0.6) is 5.88 Å². The van der Waals surface area contributed by atoms with Crippen LogP contribution in [0.15, 0.2) is 49.1 Å². The van der Waals surface area contributed by atoms with Crippen molar-refractivity contribution >= 4 is 12.0 Å². The van der Waals surface area contributed by atoms with E-state index >= 15 is 0 Å². The summed E-state index contributed by atoms with van der Waals surface area (Å²) in [6, 6.07) is 8.80. The minimum absolute atomic E-state index is 0.222. The molecule has 3 heterocycles. The molecule has 5 rings (SSSR count). The van der Waals surface area contributed by atoms with Gasteiger partial charge in [-0.05, 0) is 24.5 Å². The lowest BCUT2D eigenvalue weighted by Gasteiger charge is -2.14. The number of methoxy groups -OCH3 is 1. The van der Waals surface area contributed by atoms with Gasteiger partial charge in [0, 0.05) is 43.2 Å². The van der Waals surface area contributed by atoms with Crippen LogP contribution in [0.4, 0.5) is 18.9 Å². The highest BCUT2D eigenvalue weighted by molar-refractivity contribution is 5.86. The largest absolute Gasteiger partial charge is 0.480 e. The third kappa shape index (κ3) is 5.02. The van der Waals surface area contributed by atoms with Gasteiger partial charge in [0.1, 0.15) is 12.2 Å². The van der Waals surface area contributed by atoms with E-state index < -0.39 is 11.9 Å². The van der Waals surface area contributed by atoms with Crippen molar-refractivity contribution in [2.75, 3.05) is 12.4 Å². The van der Waals surface area contributed by atoms with E-state index in [-0.39, 0.29) is 5.82 Å². The summed E-state index contributed by atoms with van der Waals surface area (Å²) in [5, 5.41) is 3.26. The van der Waals surface area contributed by atoms with Crippen molar-refractivity contribution in [3.63, 3.8) is 0 Å². The maximum atomic E-state index is 13.0. The number of aromatic nitrogens is 5. The number of hydrogen-bond donors (Lipinski definition) is 1. The van der Waals surface area contributed by atoms with Crippen LogP contribution in [0.3, 0.4) is 0 Å². The molecular formula is C26H23F3N6O2. The molecule has 11 heteroatoms. The lowest BCUT2D eigenvalue weighted by atomic mass is 10.1. The topological polar surface area (TPSA) is 94.8 Å². The lowest BCUT2D eigenvalue weighted by Crippen LogP contribution is -2.05. The first kappa shape index (κ1) is 24.4. The summed E-state index contributed by atoms with van der Waals surface area (Å²) < 4.78 is 45.8. The van der Waals surface area contributed by atoms with Crippen LogP contribution in [-0.2, 0) is 19.8 Å². The molecule has 190 valence electrons. The molecule has 0 amide bonds. The molecule has 4 aromatic rings. The van der Waals surface area contributed by atoms with Gasteiger partial charge in [0.05, 0.1) is 29.6 Å². The number of nitrogens with one attached hydrogen (secondary N) is 1. The molecule has 0 saturated heterocycles. The number of alkyl halides is 3. The Kier molecular flexibility index (Phi) is 6.36. The van der Waals surface area contributed by atoms with Gasteiger partial charge in [-0.25, -0.2) is 15.0 Å². The van der Waals surface area contributed by atoms with Gasteiger partial charge in [0.15, 0.2) is 12.0 Å². The SMILES string of the molecule is COc1ncnc(C2CC2)c1-c1cc(NCc2ccc(-c3nc(C(F)(F)F)cn3C)cc2)c(C=O)cn1. The Labute approximate surface area is 210 Å². The van der Waals surface area contributed by atoms with Crippen LogP contribution < -0.4 is 10.1 Å². The number of anilines is 1. The van der Waals surface area contributed by atoms with E-state index in [0.717, 1.165) is 36.6 Å². The van der Waals surface area contributed by atoms with Crippen molar-refractivity contribution in [1.29, 1.82) is 0 Å². The first-order valence-electron chi connectivity index (χ1n) is 11.6. The molecule has 3 aromatic heterocycles. The summed E-state index contributed by atoms with van der Waals surface area (Å²) >= 11 is 0. The highest BCUT2D eigenvalue weighted by Crippen LogP contribution is 2.45. The van der Waals surface area contributed by atoms with E-state index in [1.807, 2.05) is 0 Å². The summed E-state index contributed by atoms with van der Waals surface area (Å²) in [5.41, 5.74) is 3.64. The summed E-state index contributed by atoms with van der Waals surface area (Å²) in [6.07, 6.45) is 2.24. The van der Waals surface area contributed by atoms with Gasteiger partial charge in [-0.2, -0.15) is 13.2 Å². The Morgan fingerprint density at radius 2 is 1.92 bits per heavy atom. The molecule has 8 nitrogen and oxygen atoms in total. The van der Waals surface area contributed by atoms with E-state index in [0.29, 0.717) is 46.4 Å². The van der Waals surface area contributed by atoms with Gasteiger partial charge in [0.25, 0.3) is 0 Å². The number of carbonyl (C=O) groups is 1. The van der Waals surface area contributed by atoms with Gasteiger partial charge >= 0.3 is 6.18 Å². The van der Waals surface area contributed by atoms with Gasteiger partial charge in [0.2, 0.25) is 5.88 Å². The van der Waals surface area contributed by atoms with Gasteiger partial charge in [-0.15, -0.1) is 0 Å². The quantitative estimate of drug-likeness (QED) is 0.324. The van der Waals surface area contributed by atoms with Crippen molar-refractivity contribution in [3.8, 4) is 28.5 Å². The van der Waals surface area contributed by atoms with E-state index in [1.54, 1.807) is 37.4 Å². The number of nitrogens with zero attached hydrogens (tertiary/aromatic N) is 5. The molecule has 1 aliphatic carbocycles. The van der Waals surface area contributed by atoms with E-state index in [2.05, 4.69) is 25.3 Å². The third-order valence-corrected chi connectivity index (χ3v) is 6.18. The molecule has 1 aliphatic rings. The Bertz CT molecular complexity index is 1450. The summed E-state index contributed by atoms with van der Waals surface area (Å²) in [6.45, 7) is 0.372. The Balaban J connectivity index is 1.38. The predicted octanol–water partition coefficient (Wildman–Crippen LogP) is 5.27. The van der Waals surface area contributed by atoms with Crippen LogP contribution >= 0.6 is 0 Å². The average Bonchev–Trinajstić information content (AvgIpc) is 3.67. The number of halogens is 3. The number of imidazole rings is 1. The van der Waals surface area contributed by atoms with Gasteiger partial charge < -0.3 is 14.6 Å². The van der Waals surface area contributed by atoms with Crippen LogP contribution in [-0.4, -0.2) is 37.9 Å². The minimum atomic E-state index is -4.51. The highest BCUT2D eigenvalue weighted by Gasteiger charge is 2.34. The molecule has 1 saturated carbocycles. The first-order chi connectivity index (χ1) is 17.8. The monoisotopic (exact) mass is 508 g/mol. The second kappa shape index (κ2) is 9.64. The van der Waals surface area contributed by atoms with E-state index in [9.17, 15) is 18.0 Å². The molecule has 0 atom stereocenters. The van der Waals surface area contributed by atoms with E-state index in [1.165, 1.54) is 24.1 Å². The molecule has 1 N–H and O–H groups in total. The van der Waals surface area contributed by atoms with Crippen LogP contribution in [0.1, 0.15) is 46.1 Å². The van der Waals surface area contributed by atoms with Crippen molar-refractivity contribution in [3.05, 3.63) is 71.6 Å². The number of hydrogen-bond acceptors (Lipinski definition) is 7. The standard InChI is InChI=1S/C26H23F3N6O2/c1-35-12-21(26(27,28)29)34-24(35)17-5-3-15(4-6-17)10-30-19-9-20(31-11-18(19)13-36)22-23(16-7-8-16)32-14-33-25(22)37-2/h3-6,9,11-14,16H,7-8,10H2,1-2H3,(H,30,31). The van der Waals surface area contributed by atoms with Crippen molar-refractivity contribution in [2.24, 2.45) is 7.05 Å². The van der Waals surface area contributed by atoms with Gasteiger partial charge in [-0.1, -0.05) is 24.3 Å². The highest BCUT2D eigenvalue weighted by atomic mass is 19.4. The smallest absolute Gasteiger partial charge is 0.434 e.